The zero-order valence-corrected chi connectivity index (χ0v) is 10.8. The summed E-state index contributed by atoms with van der Waals surface area (Å²) < 4.78 is 14.0. The van der Waals surface area contributed by atoms with Gasteiger partial charge in [0.2, 0.25) is 0 Å². The Kier molecular flexibility index (Phi) is 2.36. The van der Waals surface area contributed by atoms with E-state index in [0.717, 1.165) is 21.3 Å². The summed E-state index contributed by atoms with van der Waals surface area (Å²) >= 11 is 1.52. The van der Waals surface area contributed by atoms with E-state index in [9.17, 15) is 4.39 Å². The molecule has 0 amide bonds. The Labute approximate surface area is 104 Å². The van der Waals surface area contributed by atoms with Gasteiger partial charge in [-0.15, -0.1) is 0 Å². The number of hydrogen-bond acceptors (Lipinski definition) is 3. The zero-order chi connectivity index (χ0) is 12.0. The average molecular weight is 250 g/mol. The number of anilines is 1. The Hall–Kier alpha value is -1.16. The Morgan fingerprint density at radius 3 is 2.88 bits per heavy atom. The van der Waals surface area contributed by atoms with E-state index in [1.807, 2.05) is 0 Å². The molecule has 1 aromatic carbocycles. The summed E-state index contributed by atoms with van der Waals surface area (Å²) in [4.78, 5) is 4.49. The van der Waals surface area contributed by atoms with Crippen molar-refractivity contribution < 1.29 is 4.39 Å². The van der Waals surface area contributed by atoms with E-state index in [1.165, 1.54) is 30.2 Å². The standard InChI is InChI=1S/C13H15FN2S/c1-13(2,8-3-4-8)16-12-15-10-6-5-9(14)7-11(10)17-12/h5-8H,3-4H2,1-2H3,(H,15,16). The molecule has 90 valence electrons. The molecule has 1 heterocycles. The third-order valence-corrected chi connectivity index (χ3v) is 4.31. The second kappa shape index (κ2) is 3.67. The molecule has 1 aromatic heterocycles. The molecule has 1 N–H and O–H groups in total. The van der Waals surface area contributed by atoms with Crippen LogP contribution in [0.15, 0.2) is 18.2 Å². The van der Waals surface area contributed by atoms with Crippen molar-refractivity contribution in [3.05, 3.63) is 24.0 Å². The van der Waals surface area contributed by atoms with E-state index < -0.39 is 0 Å². The van der Waals surface area contributed by atoms with E-state index in [2.05, 4.69) is 24.1 Å². The van der Waals surface area contributed by atoms with Crippen LogP contribution in [-0.2, 0) is 0 Å². The van der Waals surface area contributed by atoms with Crippen LogP contribution in [0, 0.1) is 11.7 Å². The summed E-state index contributed by atoms with van der Waals surface area (Å²) in [5.41, 5.74) is 0.956. The second-order valence-corrected chi connectivity index (χ2v) is 6.28. The summed E-state index contributed by atoms with van der Waals surface area (Å²) in [5, 5.41) is 4.37. The predicted octanol–water partition coefficient (Wildman–Crippen LogP) is 4.04. The van der Waals surface area contributed by atoms with Crippen molar-refractivity contribution in [2.75, 3.05) is 5.32 Å². The number of fused-ring (bicyclic) bond motifs is 1. The van der Waals surface area contributed by atoms with Crippen LogP contribution in [-0.4, -0.2) is 10.5 Å². The normalized spacial score (nSPS) is 16.4. The highest BCUT2D eigenvalue weighted by atomic mass is 32.1. The van der Waals surface area contributed by atoms with Gasteiger partial charge in [-0.1, -0.05) is 11.3 Å². The first-order chi connectivity index (χ1) is 8.04. The first-order valence-corrected chi connectivity index (χ1v) is 6.70. The molecule has 0 aliphatic heterocycles. The lowest BCUT2D eigenvalue weighted by molar-refractivity contribution is 0.494. The maximum Gasteiger partial charge on any atom is 0.184 e. The first-order valence-electron chi connectivity index (χ1n) is 5.89. The maximum absolute atomic E-state index is 13.1. The van der Waals surface area contributed by atoms with Crippen LogP contribution in [0.2, 0.25) is 0 Å². The fraction of sp³-hybridized carbons (Fsp3) is 0.462. The summed E-state index contributed by atoms with van der Waals surface area (Å²) in [7, 11) is 0. The summed E-state index contributed by atoms with van der Waals surface area (Å²) in [6, 6.07) is 4.73. The number of halogens is 1. The SMILES string of the molecule is CC(C)(Nc1nc2ccc(F)cc2s1)C1CC1. The van der Waals surface area contributed by atoms with Gasteiger partial charge in [0.15, 0.2) is 5.13 Å². The van der Waals surface area contributed by atoms with Crippen molar-refractivity contribution in [1.29, 1.82) is 0 Å². The van der Waals surface area contributed by atoms with Gasteiger partial charge in [-0.05, 0) is 50.8 Å². The van der Waals surface area contributed by atoms with E-state index in [0.29, 0.717) is 0 Å². The second-order valence-electron chi connectivity index (χ2n) is 5.25. The van der Waals surface area contributed by atoms with Crippen LogP contribution in [0.3, 0.4) is 0 Å². The molecule has 2 aromatic rings. The Bertz CT molecular complexity index is 558. The highest BCUT2D eigenvalue weighted by Gasteiger charge is 2.38. The number of nitrogens with zero attached hydrogens (tertiary/aromatic N) is 1. The lowest BCUT2D eigenvalue weighted by Gasteiger charge is -2.25. The molecular weight excluding hydrogens is 235 g/mol. The molecule has 0 saturated heterocycles. The van der Waals surface area contributed by atoms with Crippen LogP contribution in [0.5, 0.6) is 0 Å². The third-order valence-electron chi connectivity index (χ3n) is 3.38. The molecule has 3 rings (SSSR count). The van der Waals surface area contributed by atoms with E-state index in [-0.39, 0.29) is 11.4 Å². The van der Waals surface area contributed by atoms with Gasteiger partial charge in [0, 0.05) is 5.54 Å². The lowest BCUT2D eigenvalue weighted by atomic mass is 9.99. The van der Waals surface area contributed by atoms with Crippen molar-refractivity contribution >= 4 is 26.7 Å². The molecule has 0 radical (unpaired) electrons. The lowest BCUT2D eigenvalue weighted by Crippen LogP contribution is -2.33. The predicted molar refractivity (Wildman–Crippen MR) is 70.0 cm³/mol. The molecule has 4 heteroatoms. The van der Waals surface area contributed by atoms with Gasteiger partial charge < -0.3 is 5.32 Å². The molecule has 0 atom stereocenters. The average Bonchev–Trinajstić information content (AvgIpc) is 3.01. The zero-order valence-electron chi connectivity index (χ0n) is 9.96. The van der Waals surface area contributed by atoms with Crippen LogP contribution in [0.4, 0.5) is 9.52 Å². The van der Waals surface area contributed by atoms with Gasteiger partial charge >= 0.3 is 0 Å². The van der Waals surface area contributed by atoms with Crippen molar-refractivity contribution in [2.45, 2.75) is 32.2 Å². The molecule has 1 fully saturated rings. The van der Waals surface area contributed by atoms with Crippen LogP contribution < -0.4 is 5.32 Å². The van der Waals surface area contributed by atoms with Crippen LogP contribution in [0.1, 0.15) is 26.7 Å². The molecule has 0 unspecified atom stereocenters. The van der Waals surface area contributed by atoms with E-state index in [4.69, 9.17) is 0 Å². The molecule has 1 aliphatic rings. The minimum atomic E-state index is -0.200. The monoisotopic (exact) mass is 250 g/mol. The quantitative estimate of drug-likeness (QED) is 0.889. The highest BCUT2D eigenvalue weighted by Crippen LogP contribution is 2.42. The molecule has 0 bridgehead atoms. The molecular formula is C13H15FN2S. The fourth-order valence-electron chi connectivity index (χ4n) is 2.13. The van der Waals surface area contributed by atoms with Crippen molar-refractivity contribution in [2.24, 2.45) is 5.92 Å². The van der Waals surface area contributed by atoms with Gasteiger partial charge in [0.25, 0.3) is 0 Å². The number of aromatic nitrogens is 1. The Balaban J connectivity index is 1.90. The molecule has 2 nitrogen and oxygen atoms in total. The number of rotatable bonds is 3. The van der Waals surface area contributed by atoms with Gasteiger partial charge in [-0.25, -0.2) is 9.37 Å². The summed E-state index contributed by atoms with van der Waals surface area (Å²) in [6.45, 7) is 4.41. The fourth-order valence-corrected chi connectivity index (χ4v) is 3.19. The van der Waals surface area contributed by atoms with E-state index in [1.54, 1.807) is 12.1 Å². The Morgan fingerprint density at radius 1 is 1.41 bits per heavy atom. The summed E-state index contributed by atoms with van der Waals surface area (Å²) in [6.07, 6.45) is 2.58. The number of hydrogen-bond donors (Lipinski definition) is 1. The largest absolute Gasteiger partial charge is 0.356 e. The first kappa shape index (κ1) is 11.0. The topological polar surface area (TPSA) is 24.9 Å². The summed E-state index contributed by atoms with van der Waals surface area (Å²) in [5.74, 6) is 0.542. The van der Waals surface area contributed by atoms with Crippen LogP contribution >= 0.6 is 11.3 Å². The number of thiazole rings is 1. The molecule has 1 aliphatic carbocycles. The maximum atomic E-state index is 13.1. The molecule has 1 saturated carbocycles. The smallest absolute Gasteiger partial charge is 0.184 e. The highest BCUT2D eigenvalue weighted by molar-refractivity contribution is 7.22. The van der Waals surface area contributed by atoms with Crippen molar-refractivity contribution in [3.8, 4) is 0 Å². The van der Waals surface area contributed by atoms with Gasteiger partial charge in [0.1, 0.15) is 5.82 Å². The van der Waals surface area contributed by atoms with Crippen LogP contribution in [0.25, 0.3) is 10.2 Å². The Morgan fingerprint density at radius 2 is 2.18 bits per heavy atom. The van der Waals surface area contributed by atoms with Crippen molar-refractivity contribution in [1.82, 2.24) is 4.98 Å². The van der Waals surface area contributed by atoms with E-state index >= 15 is 0 Å². The number of nitrogens with one attached hydrogen (secondary N) is 1. The van der Waals surface area contributed by atoms with Gasteiger partial charge in [-0.2, -0.15) is 0 Å². The van der Waals surface area contributed by atoms with Gasteiger partial charge in [-0.3, -0.25) is 0 Å². The number of benzene rings is 1. The third kappa shape index (κ3) is 2.14. The molecule has 17 heavy (non-hydrogen) atoms. The molecule has 0 spiro atoms. The minimum absolute atomic E-state index is 0.0897. The van der Waals surface area contributed by atoms with Gasteiger partial charge in [0.05, 0.1) is 10.2 Å². The minimum Gasteiger partial charge on any atom is -0.356 e. The van der Waals surface area contributed by atoms with Crippen molar-refractivity contribution in [3.63, 3.8) is 0 Å².